The topological polar surface area (TPSA) is 160 Å². The molecule has 0 aliphatic carbocycles. The number of nitrogens with zero attached hydrogens (tertiary/aromatic N) is 3. The van der Waals surface area contributed by atoms with E-state index in [2.05, 4.69) is 25.9 Å². The summed E-state index contributed by atoms with van der Waals surface area (Å²) in [5, 5.41) is 8.25. The fraction of sp³-hybridized carbons (Fsp3) is 0.292. The number of hydrogen-bond acceptors (Lipinski definition) is 9. The predicted octanol–water partition coefficient (Wildman–Crippen LogP) is 2.16. The number of anilines is 1. The molecule has 2 aliphatic heterocycles. The van der Waals surface area contributed by atoms with Crippen LogP contribution in [0, 0.1) is 0 Å². The maximum Gasteiger partial charge on any atom is 0.321 e. The largest absolute Gasteiger partial charge is 0.497 e. The van der Waals surface area contributed by atoms with Crippen molar-refractivity contribution in [3.8, 4) is 5.75 Å². The summed E-state index contributed by atoms with van der Waals surface area (Å²) in [7, 11) is 1.59. The third kappa shape index (κ3) is 4.37. The summed E-state index contributed by atoms with van der Waals surface area (Å²) < 4.78 is 6.17. The highest BCUT2D eigenvalue weighted by molar-refractivity contribution is 7.18. The van der Waals surface area contributed by atoms with Gasteiger partial charge < -0.3 is 10.1 Å². The van der Waals surface area contributed by atoms with Gasteiger partial charge in [-0.3, -0.25) is 34.7 Å². The van der Waals surface area contributed by atoms with Gasteiger partial charge in [0, 0.05) is 6.42 Å². The monoisotopic (exact) mass is 522 g/mol. The van der Waals surface area contributed by atoms with Crippen molar-refractivity contribution in [3.05, 3.63) is 46.6 Å². The Bertz CT molecular complexity index is 1500. The number of piperidine rings is 1. The number of aromatic nitrogens is 2. The molecule has 4 heterocycles. The van der Waals surface area contributed by atoms with Crippen LogP contribution in [0.2, 0.25) is 0 Å². The Kier molecular flexibility index (Phi) is 5.86. The summed E-state index contributed by atoms with van der Waals surface area (Å²) in [6.45, 7) is 3.61. The van der Waals surface area contributed by atoms with Crippen molar-refractivity contribution in [1.82, 2.24) is 25.5 Å². The van der Waals surface area contributed by atoms with Gasteiger partial charge in [0.05, 0.1) is 28.4 Å². The number of pyridine rings is 1. The van der Waals surface area contributed by atoms with Crippen molar-refractivity contribution < 1.29 is 28.7 Å². The molecule has 6 amide bonds. The van der Waals surface area contributed by atoms with Crippen LogP contribution in [0.4, 0.5) is 10.6 Å². The average molecular weight is 523 g/mol. The molecule has 0 saturated carbocycles. The molecule has 2 aromatic heterocycles. The lowest BCUT2D eigenvalue weighted by atomic mass is 10.0. The molecular formula is C24H22N6O6S. The van der Waals surface area contributed by atoms with Gasteiger partial charge in [0.2, 0.25) is 11.8 Å². The van der Waals surface area contributed by atoms with Crippen LogP contribution in [0.5, 0.6) is 5.75 Å². The number of imide groups is 2. The zero-order valence-electron chi connectivity index (χ0n) is 20.1. The number of methoxy groups -OCH3 is 1. The van der Waals surface area contributed by atoms with Crippen LogP contribution in [0.25, 0.3) is 10.2 Å². The minimum Gasteiger partial charge on any atom is -0.497 e. The van der Waals surface area contributed by atoms with Crippen LogP contribution in [0.3, 0.4) is 0 Å². The molecular weight excluding hydrogens is 500 g/mol. The van der Waals surface area contributed by atoms with Crippen molar-refractivity contribution >= 4 is 57.0 Å². The number of nitrogens with one attached hydrogen (secondary N) is 3. The van der Waals surface area contributed by atoms with Crippen molar-refractivity contribution in [2.75, 3.05) is 12.4 Å². The van der Waals surface area contributed by atoms with E-state index < -0.39 is 41.2 Å². The first kappa shape index (κ1) is 24.3. The number of thiazole rings is 1. The lowest BCUT2D eigenvalue weighted by molar-refractivity contribution is -0.136. The standard InChI is InChI=1S/C24H22N6O6S/c1-24(2,22-25-13-6-4-11(36-3)10-15(13)37-22)29-23(35)27-16-8-5-12-18(26-16)21(34)30(20(12)33)14-7-9-17(31)28-19(14)32/h4-6,8,10,14H,7,9H2,1-3H3,(H,28,31,32)(H2,26,27,29,35). The first-order valence-corrected chi connectivity index (χ1v) is 12.2. The van der Waals surface area contributed by atoms with Crippen molar-refractivity contribution in [2.45, 2.75) is 38.3 Å². The summed E-state index contributed by atoms with van der Waals surface area (Å²) >= 11 is 1.42. The summed E-state index contributed by atoms with van der Waals surface area (Å²) in [4.78, 5) is 71.8. The van der Waals surface area contributed by atoms with E-state index in [-0.39, 0.29) is 29.9 Å². The summed E-state index contributed by atoms with van der Waals surface area (Å²) in [6, 6.07) is 6.61. The van der Waals surface area contributed by atoms with Crippen LogP contribution in [-0.4, -0.2) is 57.7 Å². The van der Waals surface area contributed by atoms with Crippen LogP contribution in [0.1, 0.15) is 52.5 Å². The van der Waals surface area contributed by atoms with Gasteiger partial charge >= 0.3 is 6.03 Å². The molecule has 0 spiro atoms. The van der Waals surface area contributed by atoms with Gasteiger partial charge in [0.15, 0.2) is 0 Å². The molecule has 2 aliphatic rings. The van der Waals surface area contributed by atoms with Gasteiger partial charge in [-0.15, -0.1) is 11.3 Å². The number of urea groups is 1. The molecule has 1 unspecified atom stereocenters. The van der Waals surface area contributed by atoms with Gasteiger partial charge in [0.1, 0.15) is 28.3 Å². The van der Waals surface area contributed by atoms with Gasteiger partial charge in [-0.05, 0) is 50.6 Å². The predicted molar refractivity (Wildman–Crippen MR) is 132 cm³/mol. The summed E-state index contributed by atoms with van der Waals surface area (Å²) in [5.74, 6) is -1.85. The van der Waals surface area contributed by atoms with Crippen LogP contribution in [-0.2, 0) is 15.1 Å². The second-order valence-electron chi connectivity index (χ2n) is 9.10. The summed E-state index contributed by atoms with van der Waals surface area (Å²) in [5.41, 5.74) is -0.218. The Morgan fingerprint density at radius 1 is 1.14 bits per heavy atom. The van der Waals surface area contributed by atoms with E-state index in [9.17, 15) is 24.0 Å². The lowest BCUT2D eigenvalue weighted by Gasteiger charge is -2.27. The van der Waals surface area contributed by atoms with E-state index >= 15 is 0 Å². The second-order valence-corrected chi connectivity index (χ2v) is 10.1. The number of rotatable bonds is 5. The summed E-state index contributed by atoms with van der Waals surface area (Å²) in [6.07, 6.45) is 0.0550. The Morgan fingerprint density at radius 2 is 1.92 bits per heavy atom. The lowest BCUT2D eigenvalue weighted by Crippen LogP contribution is -2.54. The molecule has 3 N–H and O–H groups in total. The third-order valence-corrected chi connectivity index (χ3v) is 7.43. The zero-order valence-corrected chi connectivity index (χ0v) is 20.9. The fourth-order valence-corrected chi connectivity index (χ4v) is 5.25. The quantitative estimate of drug-likeness (QED) is 0.430. The second kappa shape index (κ2) is 8.92. The Morgan fingerprint density at radius 3 is 2.65 bits per heavy atom. The van der Waals surface area contributed by atoms with E-state index in [1.54, 1.807) is 21.0 Å². The van der Waals surface area contributed by atoms with E-state index in [1.165, 1.54) is 23.5 Å². The highest BCUT2D eigenvalue weighted by Crippen LogP contribution is 2.32. The van der Waals surface area contributed by atoms with Crippen LogP contribution in [0.15, 0.2) is 30.3 Å². The average Bonchev–Trinajstić information content (AvgIpc) is 3.38. The zero-order chi connectivity index (χ0) is 26.5. The van der Waals surface area contributed by atoms with E-state index in [4.69, 9.17) is 4.74 Å². The van der Waals surface area contributed by atoms with Crippen molar-refractivity contribution in [1.29, 1.82) is 0 Å². The van der Waals surface area contributed by atoms with Gasteiger partial charge in [-0.25, -0.2) is 14.8 Å². The van der Waals surface area contributed by atoms with Gasteiger partial charge in [-0.2, -0.15) is 0 Å². The SMILES string of the molecule is COc1ccc2nc(C(C)(C)NC(=O)Nc3ccc4c(n3)C(=O)N(C3CCC(=O)NC3=O)C4=O)sc2c1. The molecule has 0 bridgehead atoms. The molecule has 1 fully saturated rings. The highest BCUT2D eigenvalue weighted by Gasteiger charge is 2.45. The number of fused-ring (bicyclic) bond motifs is 2. The van der Waals surface area contributed by atoms with E-state index in [0.29, 0.717) is 10.8 Å². The molecule has 12 nitrogen and oxygen atoms in total. The number of carbonyl (C=O) groups is 5. The molecule has 190 valence electrons. The maximum absolute atomic E-state index is 12.9. The molecule has 13 heteroatoms. The van der Waals surface area contributed by atoms with Gasteiger partial charge in [-0.1, -0.05) is 0 Å². The number of ether oxygens (including phenoxy) is 1. The number of carbonyl (C=O) groups excluding carboxylic acids is 5. The molecule has 37 heavy (non-hydrogen) atoms. The molecule has 5 rings (SSSR count). The maximum atomic E-state index is 12.9. The van der Waals surface area contributed by atoms with Crippen molar-refractivity contribution in [2.24, 2.45) is 0 Å². The Labute approximate surface area is 214 Å². The van der Waals surface area contributed by atoms with Crippen LogP contribution < -0.4 is 20.7 Å². The normalized spacial score (nSPS) is 17.6. The number of benzene rings is 1. The molecule has 0 radical (unpaired) electrons. The number of hydrogen-bond donors (Lipinski definition) is 3. The van der Waals surface area contributed by atoms with Gasteiger partial charge in [0.25, 0.3) is 11.8 Å². The van der Waals surface area contributed by atoms with E-state index in [0.717, 1.165) is 15.1 Å². The Balaban J connectivity index is 1.30. The first-order chi connectivity index (χ1) is 17.6. The number of amides is 6. The third-order valence-electron chi connectivity index (χ3n) is 6.09. The van der Waals surface area contributed by atoms with Crippen LogP contribution >= 0.6 is 11.3 Å². The first-order valence-electron chi connectivity index (χ1n) is 11.3. The fourth-order valence-electron chi connectivity index (χ4n) is 4.20. The van der Waals surface area contributed by atoms with E-state index in [1.807, 2.05) is 18.2 Å². The van der Waals surface area contributed by atoms with Crippen molar-refractivity contribution in [3.63, 3.8) is 0 Å². The minimum absolute atomic E-state index is 0.0161. The Hall–Kier alpha value is -4.39. The molecule has 1 atom stereocenters. The smallest absolute Gasteiger partial charge is 0.321 e. The molecule has 1 saturated heterocycles. The molecule has 3 aromatic rings. The highest BCUT2D eigenvalue weighted by atomic mass is 32.1. The molecule has 1 aromatic carbocycles. The minimum atomic E-state index is -1.10.